The lowest BCUT2D eigenvalue weighted by Crippen LogP contribution is -2.11. The Labute approximate surface area is 149 Å². The van der Waals surface area contributed by atoms with Gasteiger partial charge in [-0.2, -0.15) is 0 Å². The molecule has 0 aliphatic heterocycles. The van der Waals surface area contributed by atoms with E-state index in [9.17, 15) is 4.79 Å². The zero-order valence-electron chi connectivity index (χ0n) is 13.9. The number of fused-ring (bicyclic) bond motifs is 1. The maximum absolute atomic E-state index is 12.3. The molecule has 0 saturated carbocycles. The predicted molar refractivity (Wildman–Crippen MR) is 101 cm³/mol. The molecule has 1 amide bonds. The van der Waals surface area contributed by atoms with Crippen LogP contribution in [0.3, 0.4) is 0 Å². The Hall–Kier alpha value is -2.92. The Morgan fingerprint density at radius 2 is 2.00 bits per heavy atom. The summed E-state index contributed by atoms with van der Waals surface area (Å²) in [5.41, 5.74) is 5.30. The van der Waals surface area contributed by atoms with E-state index in [1.54, 1.807) is 0 Å². The lowest BCUT2D eigenvalue weighted by molar-refractivity contribution is 0.103. The number of carbonyl (C=O) groups is 1. The van der Waals surface area contributed by atoms with E-state index < -0.39 is 0 Å². The first-order valence-corrected chi connectivity index (χ1v) is 8.81. The van der Waals surface area contributed by atoms with Crippen LogP contribution in [-0.4, -0.2) is 10.9 Å². The smallest absolute Gasteiger partial charge is 0.265 e. The quantitative estimate of drug-likeness (QED) is 0.537. The van der Waals surface area contributed by atoms with Crippen molar-refractivity contribution in [3.63, 3.8) is 0 Å². The zero-order chi connectivity index (χ0) is 17.4. The van der Waals surface area contributed by atoms with Crippen LogP contribution < -0.4 is 5.32 Å². The van der Waals surface area contributed by atoms with E-state index >= 15 is 0 Å². The van der Waals surface area contributed by atoms with Crippen molar-refractivity contribution in [1.29, 1.82) is 0 Å². The number of amides is 1. The molecule has 2 aromatic carbocycles. The van der Waals surface area contributed by atoms with Crippen LogP contribution in [0.1, 0.15) is 20.8 Å². The van der Waals surface area contributed by atoms with E-state index in [1.807, 2.05) is 67.8 Å². The Morgan fingerprint density at radius 3 is 2.80 bits per heavy atom. The highest BCUT2D eigenvalue weighted by Gasteiger charge is 2.13. The van der Waals surface area contributed by atoms with Crippen LogP contribution in [0.25, 0.3) is 22.6 Å². The summed E-state index contributed by atoms with van der Waals surface area (Å²) in [5.74, 6) is 0.440. The molecule has 4 aromatic rings. The Morgan fingerprint density at radius 1 is 1.12 bits per heavy atom. The van der Waals surface area contributed by atoms with Crippen LogP contribution >= 0.6 is 11.3 Å². The van der Waals surface area contributed by atoms with Gasteiger partial charge in [0.15, 0.2) is 5.58 Å². The fraction of sp³-hybridized carbons (Fsp3) is 0.100. The van der Waals surface area contributed by atoms with E-state index in [4.69, 9.17) is 4.42 Å². The third kappa shape index (κ3) is 3.06. The van der Waals surface area contributed by atoms with Crippen LogP contribution in [0.2, 0.25) is 0 Å². The molecule has 4 nitrogen and oxygen atoms in total. The second kappa shape index (κ2) is 6.18. The molecule has 2 aromatic heterocycles. The van der Waals surface area contributed by atoms with Crippen molar-refractivity contribution in [1.82, 2.24) is 4.98 Å². The first-order chi connectivity index (χ1) is 12.1. The van der Waals surface area contributed by atoms with Gasteiger partial charge in [-0.25, -0.2) is 4.98 Å². The molecule has 1 N–H and O–H groups in total. The van der Waals surface area contributed by atoms with E-state index in [1.165, 1.54) is 11.3 Å². The zero-order valence-corrected chi connectivity index (χ0v) is 14.7. The molecule has 0 saturated heterocycles. The topological polar surface area (TPSA) is 55.1 Å². The van der Waals surface area contributed by atoms with Gasteiger partial charge in [0.1, 0.15) is 5.52 Å². The highest BCUT2D eigenvalue weighted by molar-refractivity contribution is 7.12. The SMILES string of the molecule is Cc1ccc2nc(-c3ccc(C)c(NC(=O)c4cccs4)c3)oc2c1. The number of nitrogens with one attached hydrogen (secondary N) is 1. The number of aromatic nitrogens is 1. The number of carbonyl (C=O) groups excluding carboxylic acids is 1. The molecule has 25 heavy (non-hydrogen) atoms. The molecular formula is C20H16N2O2S. The highest BCUT2D eigenvalue weighted by Crippen LogP contribution is 2.28. The largest absolute Gasteiger partial charge is 0.436 e. The van der Waals surface area contributed by atoms with Gasteiger partial charge >= 0.3 is 0 Å². The number of nitrogens with zero attached hydrogens (tertiary/aromatic N) is 1. The van der Waals surface area contributed by atoms with Crippen LogP contribution in [-0.2, 0) is 0 Å². The summed E-state index contributed by atoms with van der Waals surface area (Å²) in [6.45, 7) is 3.98. The van der Waals surface area contributed by atoms with Gasteiger partial charge in [-0.05, 0) is 60.7 Å². The van der Waals surface area contributed by atoms with Gasteiger partial charge in [0.2, 0.25) is 5.89 Å². The summed E-state index contributed by atoms with van der Waals surface area (Å²) in [4.78, 5) is 17.5. The number of aryl methyl sites for hydroxylation is 2. The predicted octanol–water partition coefficient (Wildman–Crippen LogP) is 5.43. The van der Waals surface area contributed by atoms with Crippen molar-refractivity contribution in [2.24, 2.45) is 0 Å². The molecule has 5 heteroatoms. The van der Waals surface area contributed by atoms with Gasteiger partial charge in [0, 0.05) is 11.3 Å². The first kappa shape index (κ1) is 15.6. The summed E-state index contributed by atoms with van der Waals surface area (Å²) in [6.07, 6.45) is 0. The first-order valence-electron chi connectivity index (χ1n) is 7.93. The van der Waals surface area contributed by atoms with E-state index in [0.717, 1.165) is 33.5 Å². The van der Waals surface area contributed by atoms with Crippen molar-refractivity contribution in [2.75, 3.05) is 5.32 Å². The standard InChI is InChI=1S/C20H16N2O2S/c1-12-5-8-15-17(10-12)24-20(22-15)14-7-6-13(2)16(11-14)21-19(23)18-4-3-9-25-18/h3-11H,1-2H3,(H,21,23). The molecule has 0 spiro atoms. The minimum Gasteiger partial charge on any atom is -0.436 e. The van der Waals surface area contributed by atoms with Crippen LogP contribution in [0, 0.1) is 13.8 Å². The fourth-order valence-corrected chi connectivity index (χ4v) is 3.26. The number of rotatable bonds is 3. The molecule has 4 rings (SSSR count). The number of benzene rings is 2. The molecule has 0 unspecified atom stereocenters. The van der Waals surface area contributed by atoms with Crippen LogP contribution in [0.5, 0.6) is 0 Å². The number of oxazole rings is 1. The van der Waals surface area contributed by atoms with E-state index in [-0.39, 0.29) is 5.91 Å². The number of thiophene rings is 1. The van der Waals surface area contributed by atoms with Gasteiger partial charge in [-0.1, -0.05) is 18.2 Å². The van der Waals surface area contributed by atoms with E-state index in [2.05, 4.69) is 10.3 Å². The van der Waals surface area contributed by atoms with Gasteiger partial charge < -0.3 is 9.73 Å². The number of hydrogen-bond donors (Lipinski definition) is 1. The van der Waals surface area contributed by atoms with Gasteiger partial charge in [-0.3, -0.25) is 4.79 Å². The summed E-state index contributed by atoms with van der Waals surface area (Å²) in [7, 11) is 0. The lowest BCUT2D eigenvalue weighted by Gasteiger charge is -2.08. The third-order valence-corrected chi connectivity index (χ3v) is 4.89. The van der Waals surface area contributed by atoms with Crippen LogP contribution in [0.4, 0.5) is 5.69 Å². The molecule has 124 valence electrons. The Bertz CT molecular complexity index is 1060. The lowest BCUT2D eigenvalue weighted by atomic mass is 10.1. The second-order valence-corrected chi connectivity index (χ2v) is 6.90. The minimum atomic E-state index is -0.108. The average Bonchev–Trinajstić information content (AvgIpc) is 3.25. The molecule has 0 aliphatic rings. The minimum absolute atomic E-state index is 0.108. The summed E-state index contributed by atoms with van der Waals surface area (Å²) >= 11 is 1.42. The molecule has 2 heterocycles. The monoisotopic (exact) mass is 348 g/mol. The molecule has 0 aliphatic carbocycles. The Balaban J connectivity index is 1.69. The van der Waals surface area contributed by atoms with E-state index in [0.29, 0.717) is 10.8 Å². The van der Waals surface area contributed by atoms with Gasteiger partial charge in [-0.15, -0.1) is 11.3 Å². The van der Waals surface area contributed by atoms with Crippen LogP contribution in [0.15, 0.2) is 58.3 Å². The highest BCUT2D eigenvalue weighted by atomic mass is 32.1. The molecule has 0 radical (unpaired) electrons. The number of hydrogen-bond acceptors (Lipinski definition) is 4. The summed E-state index contributed by atoms with van der Waals surface area (Å²) < 4.78 is 5.89. The van der Waals surface area contributed by atoms with Crippen molar-refractivity contribution in [2.45, 2.75) is 13.8 Å². The number of anilines is 1. The van der Waals surface area contributed by atoms with Crippen molar-refractivity contribution < 1.29 is 9.21 Å². The summed E-state index contributed by atoms with van der Waals surface area (Å²) in [5, 5.41) is 4.86. The van der Waals surface area contributed by atoms with Gasteiger partial charge in [0.25, 0.3) is 5.91 Å². The van der Waals surface area contributed by atoms with Crippen molar-refractivity contribution in [3.05, 3.63) is 69.9 Å². The van der Waals surface area contributed by atoms with Gasteiger partial charge in [0.05, 0.1) is 4.88 Å². The molecule has 0 atom stereocenters. The normalized spacial score (nSPS) is 11.0. The Kier molecular flexibility index (Phi) is 3.86. The molecule has 0 fully saturated rings. The maximum atomic E-state index is 12.3. The second-order valence-electron chi connectivity index (χ2n) is 5.95. The maximum Gasteiger partial charge on any atom is 0.265 e. The third-order valence-electron chi connectivity index (χ3n) is 4.02. The van der Waals surface area contributed by atoms with Crippen molar-refractivity contribution >= 4 is 34.0 Å². The van der Waals surface area contributed by atoms with Crippen molar-refractivity contribution in [3.8, 4) is 11.5 Å². The fourth-order valence-electron chi connectivity index (χ4n) is 2.64. The average molecular weight is 348 g/mol. The molecular weight excluding hydrogens is 332 g/mol. The molecule has 0 bridgehead atoms. The summed E-state index contributed by atoms with van der Waals surface area (Å²) in [6, 6.07) is 15.4.